The summed E-state index contributed by atoms with van der Waals surface area (Å²) in [5, 5.41) is 5.76. The molecule has 0 spiro atoms. The number of carbonyl (C=O) groups excluding carboxylic acids is 3. The number of hydrogen-bond acceptors (Lipinski definition) is 5. The Morgan fingerprint density at radius 1 is 1.00 bits per heavy atom. The highest BCUT2D eigenvalue weighted by atomic mass is 32.2. The van der Waals surface area contributed by atoms with E-state index >= 15 is 0 Å². The van der Waals surface area contributed by atoms with Gasteiger partial charge < -0.3 is 15.4 Å². The lowest BCUT2D eigenvalue weighted by Gasteiger charge is -2.20. The van der Waals surface area contributed by atoms with Gasteiger partial charge in [-0.3, -0.25) is 9.59 Å². The van der Waals surface area contributed by atoms with Crippen molar-refractivity contribution in [1.29, 1.82) is 0 Å². The van der Waals surface area contributed by atoms with E-state index in [4.69, 9.17) is 4.74 Å². The zero-order valence-corrected chi connectivity index (χ0v) is 17.8. The molecule has 2 aromatic rings. The van der Waals surface area contributed by atoms with Gasteiger partial charge in [-0.05, 0) is 43.2 Å². The molecule has 0 aromatic heterocycles. The van der Waals surface area contributed by atoms with Crippen molar-refractivity contribution < 1.29 is 19.1 Å². The van der Waals surface area contributed by atoms with Gasteiger partial charge in [-0.15, -0.1) is 11.8 Å². The quantitative estimate of drug-likeness (QED) is 0.494. The highest BCUT2D eigenvalue weighted by molar-refractivity contribution is 8.00. The fourth-order valence-corrected chi connectivity index (χ4v) is 4.24. The van der Waals surface area contributed by atoms with Gasteiger partial charge in [0.15, 0.2) is 0 Å². The largest absolute Gasteiger partial charge is 0.465 e. The van der Waals surface area contributed by atoms with Gasteiger partial charge in [0.1, 0.15) is 0 Å². The van der Waals surface area contributed by atoms with Crippen LogP contribution in [0.2, 0.25) is 0 Å². The summed E-state index contributed by atoms with van der Waals surface area (Å²) < 4.78 is 4.75. The van der Waals surface area contributed by atoms with E-state index in [1.807, 2.05) is 24.3 Å². The zero-order valence-electron chi connectivity index (χ0n) is 17.0. The second-order valence-corrected chi connectivity index (χ2v) is 8.27. The minimum absolute atomic E-state index is 0.0778. The van der Waals surface area contributed by atoms with Crippen LogP contribution >= 0.6 is 11.8 Å². The highest BCUT2D eigenvalue weighted by Crippen LogP contribution is 2.27. The summed E-state index contributed by atoms with van der Waals surface area (Å²) in [7, 11) is 1.30. The van der Waals surface area contributed by atoms with Crippen molar-refractivity contribution in [3.8, 4) is 0 Å². The molecule has 0 atom stereocenters. The van der Waals surface area contributed by atoms with Gasteiger partial charge in [0.05, 0.1) is 24.1 Å². The van der Waals surface area contributed by atoms with Crippen molar-refractivity contribution in [2.75, 3.05) is 23.5 Å². The van der Waals surface area contributed by atoms with Crippen molar-refractivity contribution in [3.05, 3.63) is 54.1 Å². The Bertz CT molecular complexity index is 910. The third-order valence-corrected chi connectivity index (χ3v) is 6.05. The second-order valence-electron chi connectivity index (χ2n) is 7.23. The summed E-state index contributed by atoms with van der Waals surface area (Å²) in [6.45, 7) is 0. The molecule has 0 heterocycles. The van der Waals surface area contributed by atoms with Crippen LogP contribution in [0.1, 0.15) is 42.5 Å². The molecule has 3 rings (SSSR count). The van der Waals surface area contributed by atoms with E-state index in [1.54, 1.807) is 24.3 Å². The SMILES string of the molecule is COC(=O)c1ccccc1NC(=O)CSc1cccc(NC(=O)C2CCCCC2)c1. The molecule has 0 radical (unpaired) electrons. The van der Waals surface area contributed by atoms with E-state index in [2.05, 4.69) is 10.6 Å². The predicted octanol–water partition coefficient (Wildman–Crippen LogP) is 4.72. The van der Waals surface area contributed by atoms with E-state index in [9.17, 15) is 14.4 Å². The Morgan fingerprint density at radius 3 is 2.53 bits per heavy atom. The van der Waals surface area contributed by atoms with E-state index in [1.165, 1.54) is 25.3 Å². The third kappa shape index (κ3) is 6.10. The van der Waals surface area contributed by atoms with Crippen molar-refractivity contribution in [1.82, 2.24) is 0 Å². The third-order valence-electron chi connectivity index (χ3n) is 5.05. The Morgan fingerprint density at radius 2 is 1.77 bits per heavy atom. The monoisotopic (exact) mass is 426 g/mol. The zero-order chi connectivity index (χ0) is 21.3. The molecule has 2 aromatic carbocycles. The lowest BCUT2D eigenvalue weighted by molar-refractivity contribution is -0.120. The van der Waals surface area contributed by atoms with Gasteiger partial charge in [0.2, 0.25) is 11.8 Å². The number of ether oxygens (including phenoxy) is 1. The molecule has 7 heteroatoms. The van der Waals surface area contributed by atoms with Crippen LogP contribution in [0.25, 0.3) is 0 Å². The summed E-state index contributed by atoms with van der Waals surface area (Å²) in [5.41, 5.74) is 1.47. The Hall–Kier alpha value is -2.80. The molecule has 30 heavy (non-hydrogen) atoms. The first-order valence-electron chi connectivity index (χ1n) is 10.1. The molecular formula is C23H26N2O4S. The molecule has 2 N–H and O–H groups in total. The van der Waals surface area contributed by atoms with Crippen LogP contribution in [-0.4, -0.2) is 30.6 Å². The number of carbonyl (C=O) groups is 3. The first-order chi connectivity index (χ1) is 14.6. The standard InChI is InChI=1S/C23H26N2O4S/c1-29-23(28)19-12-5-6-13-20(19)25-21(26)15-30-18-11-7-10-17(14-18)24-22(27)16-8-3-2-4-9-16/h5-7,10-14,16H,2-4,8-9,15H2,1H3,(H,24,27)(H,25,26). The van der Waals surface area contributed by atoms with Gasteiger partial charge in [-0.1, -0.05) is 37.5 Å². The van der Waals surface area contributed by atoms with Crippen molar-refractivity contribution in [3.63, 3.8) is 0 Å². The van der Waals surface area contributed by atoms with Crippen LogP contribution in [0.4, 0.5) is 11.4 Å². The lowest BCUT2D eigenvalue weighted by atomic mass is 9.88. The number of benzene rings is 2. The number of hydrogen-bond donors (Lipinski definition) is 2. The Labute approximate surface area is 180 Å². The minimum Gasteiger partial charge on any atom is -0.465 e. The van der Waals surface area contributed by atoms with Crippen LogP contribution < -0.4 is 10.6 Å². The van der Waals surface area contributed by atoms with E-state index in [0.717, 1.165) is 36.3 Å². The molecule has 6 nitrogen and oxygen atoms in total. The van der Waals surface area contributed by atoms with E-state index in [0.29, 0.717) is 11.3 Å². The molecule has 1 saturated carbocycles. The summed E-state index contributed by atoms with van der Waals surface area (Å²) in [4.78, 5) is 37.5. The molecule has 1 fully saturated rings. The van der Waals surface area contributed by atoms with E-state index in [-0.39, 0.29) is 23.5 Å². The smallest absolute Gasteiger partial charge is 0.339 e. The second kappa shape index (κ2) is 10.8. The number of methoxy groups -OCH3 is 1. The molecule has 2 amide bonds. The minimum atomic E-state index is -0.500. The molecule has 1 aliphatic carbocycles. The molecule has 0 saturated heterocycles. The van der Waals surface area contributed by atoms with Crippen LogP contribution in [0, 0.1) is 5.92 Å². The maximum absolute atomic E-state index is 12.4. The number of thioether (sulfide) groups is 1. The van der Waals surface area contributed by atoms with Gasteiger partial charge in [0.25, 0.3) is 0 Å². The number of nitrogens with one attached hydrogen (secondary N) is 2. The van der Waals surface area contributed by atoms with Crippen LogP contribution in [0.5, 0.6) is 0 Å². The molecule has 0 aliphatic heterocycles. The van der Waals surface area contributed by atoms with E-state index < -0.39 is 5.97 Å². The fourth-order valence-electron chi connectivity index (χ4n) is 3.49. The maximum atomic E-state index is 12.4. The molecular weight excluding hydrogens is 400 g/mol. The molecule has 0 unspecified atom stereocenters. The molecule has 1 aliphatic rings. The van der Waals surface area contributed by atoms with Gasteiger partial charge in [0, 0.05) is 16.5 Å². The number of rotatable bonds is 7. The first kappa shape index (κ1) is 21.9. The van der Waals surface area contributed by atoms with Crippen molar-refractivity contribution in [2.45, 2.75) is 37.0 Å². The fraction of sp³-hybridized carbons (Fsp3) is 0.348. The average Bonchev–Trinajstić information content (AvgIpc) is 2.78. The van der Waals surface area contributed by atoms with Crippen LogP contribution in [-0.2, 0) is 14.3 Å². The maximum Gasteiger partial charge on any atom is 0.339 e. The topological polar surface area (TPSA) is 84.5 Å². The summed E-state index contributed by atoms with van der Waals surface area (Å²) >= 11 is 1.37. The number of para-hydroxylation sites is 1. The average molecular weight is 427 g/mol. The summed E-state index contributed by atoms with van der Waals surface area (Å²) in [6, 6.07) is 14.2. The lowest BCUT2D eigenvalue weighted by Crippen LogP contribution is -2.24. The highest BCUT2D eigenvalue weighted by Gasteiger charge is 2.21. The number of anilines is 2. The number of amides is 2. The van der Waals surface area contributed by atoms with Gasteiger partial charge in [-0.2, -0.15) is 0 Å². The first-order valence-corrected chi connectivity index (χ1v) is 11.1. The molecule has 158 valence electrons. The summed E-state index contributed by atoms with van der Waals surface area (Å²) in [6.07, 6.45) is 5.34. The van der Waals surface area contributed by atoms with Gasteiger partial charge >= 0.3 is 5.97 Å². The summed E-state index contributed by atoms with van der Waals surface area (Å²) in [5.74, 6) is -0.382. The van der Waals surface area contributed by atoms with Crippen LogP contribution in [0.15, 0.2) is 53.4 Å². The molecule has 0 bridgehead atoms. The predicted molar refractivity (Wildman–Crippen MR) is 119 cm³/mol. The normalized spacial score (nSPS) is 14.0. The Kier molecular flexibility index (Phi) is 7.90. The van der Waals surface area contributed by atoms with Crippen molar-refractivity contribution in [2.24, 2.45) is 5.92 Å². The van der Waals surface area contributed by atoms with Crippen LogP contribution in [0.3, 0.4) is 0 Å². The van der Waals surface area contributed by atoms with Gasteiger partial charge in [-0.25, -0.2) is 4.79 Å². The number of esters is 1. The Balaban J connectivity index is 1.55. The van der Waals surface area contributed by atoms with Crippen molar-refractivity contribution >= 4 is 40.9 Å².